The summed E-state index contributed by atoms with van der Waals surface area (Å²) in [6.45, 7) is 5.24. The van der Waals surface area contributed by atoms with E-state index in [1.807, 2.05) is 43.0 Å². The van der Waals surface area contributed by atoms with Crippen molar-refractivity contribution < 1.29 is 14.3 Å². The Hall–Kier alpha value is -2.73. The number of anilines is 1. The van der Waals surface area contributed by atoms with Gasteiger partial charge in [0.25, 0.3) is 0 Å². The predicted octanol–water partition coefficient (Wildman–Crippen LogP) is 4.90. The Labute approximate surface area is 188 Å². The van der Waals surface area contributed by atoms with Gasteiger partial charge in [0.15, 0.2) is 0 Å². The second kappa shape index (κ2) is 10.5. The van der Waals surface area contributed by atoms with E-state index in [1.165, 1.54) is 0 Å². The lowest BCUT2D eigenvalue weighted by atomic mass is 9.85. The molecule has 1 heterocycles. The Balaban J connectivity index is 1.74. The van der Waals surface area contributed by atoms with Crippen molar-refractivity contribution in [2.45, 2.75) is 38.6 Å². The molecule has 3 amide bonds. The third-order valence-corrected chi connectivity index (χ3v) is 5.76. The van der Waals surface area contributed by atoms with Gasteiger partial charge < -0.3 is 20.3 Å². The maximum atomic E-state index is 12.7. The molecule has 2 unspecified atom stereocenters. The minimum absolute atomic E-state index is 0.102. The molecule has 6 nitrogen and oxygen atoms in total. The largest absolute Gasteiger partial charge is 0.497 e. The molecule has 2 N–H and O–H groups in total. The first-order valence-corrected chi connectivity index (χ1v) is 11.0. The van der Waals surface area contributed by atoms with Gasteiger partial charge in [0.05, 0.1) is 13.2 Å². The van der Waals surface area contributed by atoms with Gasteiger partial charge in [0.1, 0.15) is 5.75 Å². The maximum Gasteiger partial charge on any atom is 0.319 e. The number of piperidine rings is 1. The summed E-state index contributed by atoms with van der Waals surface area (Å²) in [7, 11) is 1.64. The molecule has 1 saturated heterocycles. The molecular weight excluding hydrogens is 414 g/mol. The van der Waals surface area contributed by atoms with Crippen LogP contribution >= 0.6 is 11.6 Å². The van der Waals surface area contributed by atoms with E-state index in [0.29, 0.717) is 36.1 Å². The summed E-state index contributed by atoms with van der Waals surface area (Å²) in [6, 6.07) is 14.4. The highest BCUT2D eigenvalue weighted by atomic mass is 35.5. The van der Waals surface area contributed by atoms with Crippen molar-refractivity contribution in [2.75, 3.05) is 25.5 Å². The van der Waals surface area contributed by atoms with Crippen LogP contribution in [0.3, 0.4) is 0 Å². The Kier molecular flexibility index (Phi) is 7.80. The van der Waals surface area contributed by atoms with Gasteiger partial charge in [-0.3, -0.25) is 4.79 Å². The Morgan fingerprint density at radius 1 is 1.13 bits per heavy atom. The number of benzene rings is 2. The zero-order valence-corrected chi connectivity index (χ0v) is 19.0. The summed E-state index contributed by atoms with van der Waals surface area (Å²) in [5, 5.41) is 6.55. The molecule has 0 radical (unpaired) electrons. The number of methoxy groups -OCH3 is 1. The summed E-state index contributed by atoms with van der Waals surface area (Å²) < 4.78 is 5.27. The second-order valence-corrected chi connectivity index (χ2v) is 8.75. The summed E-state index contributed by atoms with van der Waals surface area (Å²) in [5.41, 5.74) is 1.78. The van der Waals surface area contributed by atoms with Crippen LogP contribution in [0.1, 0.15) is 38.2 Å². The lowest BCUT2D eigenvalue weighted by Gasteiger charge is -2.39. The molecule has 2 aromatic carbocycles. The summed E-state index contributed by atoms with van der Waals surface area (Å²) in [4.78, 5) is 27.2. The van der Waals surface area contributed by atoms with Crippen LogP contribution in [-0.2, 0) is 4.79 Å². The van der Waals surface area contributed by atoms with Crippen molar-refractivity contribution in [3.63, 3.8) is 0 Å². The number of ether oxygens (including phenoxy) is 1. The number of amides is 3. The maximum absolute atomic E-state index is 12.7. The quantitative estimate of drug-likeness (QED) is 0.667. The zero-order chi connectivity index (χ0) is 22.4. The molecule has 0 spiro atoms. The van der Waals surface area contributed by atoms with E-state index in [-0.39, 0.29) is 23.9 Å². The van der Waals surface area contributed by atoms with Crippen LogP contribution in [0.5, 0.6) is 5.75 Å². The van der Waals surface area contributed by atoms with E-state index in [1.54, 1.807) is 31.4 Å². The Morgan fingerprint density at radius 2 is 1.81 bits per heavy atom. The molecule has 0 bridgehead atoms. The fraction of sp³-hybridized carbons (Fsp3) is 0.417. The second-order valence-electron chi connectivity index (χ2n) is 8.32. The van der Waals surface area contributed by atoms with Gasteiger partial charge in [-0.1, -0.05) is 37.6 Å². The number of halogens is 1. The number of hydrogen-bond acceptors (Lipinski definition) is 3. The molecule has 1 aliphatic heterocycles. The van der Waals surface area contributed by atoms with E-state index in [0.717, 1.165) is 17.7 Å². The number of carbonyl (C=O) groups excluding carboxylic acids is 2. The molecule has 31 heavy (non-hydrogen) atoms. The van der Waals surface area contributed by atoms with E-state index in [9.17, 15) is 9.59 Å². The zero-order valence-electron chi connectivity index (χ0n) is 18.2. The molecule has 1 aliphatic rings. The summed E-state index contributed by atoms with van der Waals surface area (Å²) >= 11 is 5.92. The topological polar surface area (TPSA) is 70.7 Å². The third kappa shape index (κ3) is 6.37. The van der Waals surface area contributed by atoms with Crippen LogP contribution in [-0.4, -0.2) is 43.1 Å². The molecule has 1 fully saturated rings. The fourth-order valence-electron chi connectivity index (χ4n) is 3.92. The standard InChI is InChI=1S/C24H30ClN3O3/c1-16(2)14-23(29)28-13-12-21(17-4-10-20(31-3)11-5-17)22(15-28)27-24(30)26-19-8-6-18(25)7-9-19/h4-11,16,21-22H,12-15H2,1-3H3,(H2,26,27,30). The van der Waals surface area contributed by atoms with E-state index in [4.69, 9.17) is 16.3 Å². The molecule has 0 aliphatic carbocycles. The first kappa shape index (κ1) is 22.9. The van der Waals surface area contributed by atoms with Crippen molar-refractivity contribution in [3.8, 4) is 5.75 Å². The number of likely N-dealkylation sites (tertiary alicyclic amines) is 1. The minimum atomic E-state index is -0.302. The SMILES string of the molecule is COc1ccc(C2CCN(C(=O)CC(C)C)CC2NC(=O)Nc2ccc(Cl)cc2)cc1. The summed E-state index contributed by atoms with van der Waals surface area (Å²) in [5.74, 6) is 1.32. The number of hydrogen-bond donors (Lipinski definition) is 2. The van der Waals surface area contributed by atoms with Crippen LogP contribution in [0.25, 0.3) is 0 Å². The first-order chi connectivity index (χ1) is 14.9. The van der Waals surface area contributed by atoms with Gasteiger partial charge in [-0.05, 0) is 54.3 Å². The highest BCUT2D eigenvalue weighted by Gasteiger charge is 2.33. The van der Waals surface area contributed by atoms with Gasteiger partial charge in [-0.15, -0.1) is 0 Å². The van der Waals surface area contributed by atoms with Crippen molar-refractivity contribution in [3.05, 3.63) is 59.1 Å². The minimum Gasteiger partial charge on any atom is -0.497 e. The van der Waals surface area contributed by atoms with Crippen LogP contribution in [0, 0.1) is 5.92 Å². The van der Waals surface area contributed by atoms with Crippen LogP contribution in [0.2, 0.25) is 5.02 Å². The highest BCUT2D eigenvalue weighted by molar-refractivity contribution is 6.30. The molecule has 2 atom stereocenters. The average molecular weight is 444 g/mol. The number of nitrogens with one attached hydrogen (secondary N) is 2. The lowest BCUT2D eigenvalue weighted by Crippen LogP contribution is -2.54. The van der Waals surface area contributed by atoms with Gasteiger partial charge in [0.2, 0.25) is 5.91 Å². The smallest absolute Gasteiger partial charge is 0.319 e. The lowest BCUT2D eigenvalue weighted by molar-refractivity contribution is -0.133. The highest BCUT2D eigenvalue weighted by Crippen LogP contribution is 2.30. The molecule has 2 aromatic rings. The van der Waals surface area contributed by atoms with Gasteiger partial charge in [-0.2, -0.15) is 0 Å². The van der Waals surface area contributed by atoms with Crippen LogP contribution in [0.15, 0.2) is 48.5 Å². The number of carbonyl (C=O) groups is 2. The fourth-order valence-corrected chi connectivity index (χ4v) is 4.05. The Morgan fingerprint density at radius 3 is 2.42 bits per heavy atom. The molecular formula is C24H30ClN3O3. The van der Waals surface area contributed by atoms with Crippen LogP contribution in [0.4, 0.5) is 10.5 Å². The van der Waals surface area contributed by atoms with E-state index < -0.39 is 0 Å². The van der Waals surface area contributed by atoms with E-state index >= 15 is 0 Å². The number of urea groups is 1. The first-order valence-electron chi connectivity index (χ1n) is 10.6. The monoisotopic (exact) mass is 443 g/mol. The normalized spacial score (nSPS) is 18.5. The molecule has 166 valence electrons. The Bertz CT molecular complexity index is 884. The van der Waals surface area contributed by atoms with Gasteiger partial charge in [-0.25, -0.2) is 4.79 Å². The van der Waals surface area contributed by atoms with Crippen LogP contribution < -0.4 is 15.4 Å². The van der Waals surface area contributed by atoms with Crippen molar-refractivity contribution in [1.82, 2.24) is 10.2 Å². The average Bonchev–Trinajstić information content (AvgIpc) is 2.75. The van der Waals surface area contributed by atoms with Gasteiger partial charge in [0, 0.05) is 36.1 Å². The van der Waals surface area contributed by atoms with Crippen molar-refractivity contribution >= 4 is 29.2 Å². The predicted molar refractivity (Wildman–Crippen MR) is 124 cm³/mol. The molecule has 7 heteroatoms. The van der Waals surface area contributed by atoms with Gasteiger partial charge >= 0.3 is 6.03 Å². The van der Waals surface area contributed by atoms with E-state index in [2.05, 4.69) is 10.6 Å². The number of rotatable bonds is 6. The molecule has 0 aromatic heterocycles. The molecule has 0 saturated carbocycles. The summed E-state index contributed by atoms with van der Waals surface area (Å²) in [6.07, 6.45) is 1.29. The third-order valence-electron chi connectivity index (χ3n) is 5.51. The number of nitrogens with zero attached hydrogens (tertiary/aromatic N) is 1. The molecule has 3 rings (SSSR count). The van der Waals surface area contributed by atoms with Crippen molar-refractivity contribution in [1.29, 1.82) is 0 Å². The van der Waals surface area contributed by atoms with Crippen molar-refractivity contribution in [2.24, 2.45) is 5.92 Å².